The van der Waals surface area contributed by atoms with Gasteiger partial charge in [0.15, 0.2) is 0 Å². The van der Waals surface area contributed by atoms with E-state index in [1.54, 1.807) is 0 Å². The molecule has 1 heterocycles. The number of nitrogens with two attached hydrogens (primary N) is 1. The number of nitrogen functional groups attached to an aromatic ring is 1. The molecule has 4 heteroatoms. The van der Waals surface area contributed by atoms with Gasteiger partial charge in [0.25, 0.3) is 5.91 Å². The summed E-state index contributed by atoms with van der Waals surface area (Å²) in [5.41, 5.74) is 10.9. The lowest BCUT2D eigenvalue weighted by atomic mass is 9.98. The maximum Gasteiger partial charge on any atom is 0.254 e. The van der Waals surface area contributed by atoms with Crippen molar-refractivity contribution in [3.63, 3.8) is 0 Å². The summed E-state index contributed by atoms with van der Waals surface area (Å²) >= 11 is 0. The molecule has 0 bridgehead atoms. The molecule has 0 saturated carbocycles. The summed E-state index contributed by atoms with van der Waals surface area (Å²) in [6, 6.07) is 13.7. The standard InChI is InChI=1S/C18H21N3O/c1-20(2)17-7-4-14(5-8-17)18(22)21-10-9-13-3-6-16(19)11-15(13)12-21/h3-8,11H,9-10,12,19H2,1-2H3. The molecule has 114 valence electrons. The van der Waals surface area contributed by atoms with Crippen molar-refractivity contribution >= 4 is 17.3 Å². The molecule has 0 aromatic heterocycles. The summed E-state index contributed by atoms with van der Waals surface area (Å²) in [6.07, 6.45) is 0.886. The first-order valence-electron chi connectivity index (χ1n) is 7.48. The van der Waals surface area contributed by atoms with Gasteiger partial charge in [0.1, 0.15) is 0 Å². The Morgan fingerprint density at radius 1 is 1.09 bits per heavy atom. The van der Waals surface area contributed by atoms with Crippen LogP contribution in [0.3, 0.4) is 0 Å². The average Bonchev–Trinajstić information content (AvgIpc) is 2.53. The molecule has 22 heavy (non-hydrogen) atoms. The Balaban J connectivity index is 1.78. The second-order valence-corrected chi connectivity index (χ2v) is 5.95. The molecule has 0 saturated heterocycles. The third-order valence-electron chi connectivity index (χ3n) is 4.16. The maximum absolute atomic E-state index is 12.7. The molecule has 4 nitrogen and oxygen atoms in total. The quantitative estimate of drug-likeness (QED) is 0.866. The highest BCUT2D eigenvalue weighted by Gasteiger charge is 2.21. The van der Waals surface area contributed by atoms with Crippen LogP contribution >= 0.6 is 0 Å². The predicted octanol–water partition coefficient (Wildman–Crippen LogP) is 2.53. The first-order chi connectivity index (χ1) is 10.5. The molecule has 0 atom stereocenters. The Morgan fingerprint density at radius 3 is 2.50 bits per heavy atom. The summed E-state index contributed by atoms with van der Waals surface area (Å²) in [4.78, 5) is 16.6. The van der Waals surface area contributed by atoms with Gasteiger partial charge in [0, 0.05) is 44.1 Å². The number of carbonyl (C=O) groups is 1. The Morgan fingerprint density at radius 2 is 1.82 bits per heavy atom. The molecule has 2 aromatic rings. The minimum atomic E-state index is 0.0818. The van der Waals surface area contributed by atoms with E-state index < -0.39 is 0 Å². The molecule has 3 rings (SSSR count). The Bertz CT molecular complexity index is 692. The van der Waals surface area contributed by atoms with Crippen molar-refractivity contribution < 1.29 is 4.79 Å². The van der Waals surface area contributed by atoms with Crippen molar-refractivity contribution in [1.82, 2.24) is 4.90 Å². The minimum absolute atomic E-state index is 0.0818. The summed E-state index contributed by atoms with van der Waals surface area (Å²) in [5, 5.41) is 0. The van der Waals surface area contributed by atoms with E-state index in [1.807, 2.05) is 60.3 Å². The van der Waals surface area contributed by atoms with E-state index >= 15 is 0 Å². The van der Waals surface area contributed by atoms with Crippen LogP contribution in [0.2, 0.25) is 0 Å². The highest BCUT2D eigenvalue weighted by atomic mass is 16.2. The fraction of sp³-hybridized carbons (Fsp3) is 0.278. The Hall–Kier alpha value is -2.49. The first-order valence-corrected chi connectivity index (χ1v) is 7.48. The van der Waals surface area contributed by atoms with E-state index in [1.165, 1.54) is 5.56 Å². The van der Waals surface area contributed by atoms with Crippen LogP contribution in [-0.2, 0) is 13.0 Å². The van der Waals surface area contributed by atoms with Crippen LogP contribution in [0.5, 0.6) is 0 Å². The van der Waals surface area contributed by atoms with E-state index in [0.29, 0.717) is 6.54 Å². The summed E-state index contributed by atoms with van der Waals surface area (Å²) in [5.74, 6) is 0.0818. The highest BCUT2D eigenvalue weighted by Crippen LogP contribution is 2.23. The van der Waals surface area contributed by atoms with Crippen LogP contribution in [0.25, 0.3) is 0 Å². The largest absolute Gasteiger partial charge is 0.399 e. The third kappa shape index (κ3) is 2.77. The van der Waals surface area contributed by atoms with Gasteiger partial charge in [-0.05, 0) is 53.9 Å². The van der Waals surface area contributed by atoms with Crippen molar-refractivity contribution in [2.45, 2.75) is 13.0 Å². The van der Waals surface area contributed by atoms with Crippen molar-refractivity contribution in [1.29, 1.82) is 0 Å². The number of hydrogen-bond donors (Lipinski definition) is 1. The molecule has 1 aliphatic heterocycles. The lowest BCUT2D eigenvalue weighted by Gasteiger charge is -2.29. The number of carbonyl (C=O) groups excluding carboxylic acids is 1. The third-order valence-corrected chi connectivity index (χ3v) is 4.16. The van der Waals surface area contributed by atoms with Gasteiger partial charge in [0.05, 0.1) is 0 Å². The Labute approximate surface area is 131 Å². The molecule has 0 aliphatic carbocycles. The van der Waals surface area contributed by atoms with Crippen molar-refractivity contribution in [3.05, 3.63) is 59.2 Å². The number of nitrogens with zero attached hydrogens (tertiary/aromatic N) is 2. The minimum Gasteiger partial charge on any atom is -0.399 e. The van der Waals surface area contributed by atoms with E-state index in [9.17, 15) is 4.79 Å². The summed E-state index contributed by atoms with van der Waals surface area (Å²) < 4.78 is 0. The van der Waals surface area contributed by atoms with E-state index in [4.69, 9.17) is 5.73 Å². The van der Waals surface area contributed by atoms with Crippen molar-refractivity contribution in [2.75, 3.05) is 31.3 Å². The number of rotatable bonds is 2. The smallest absolute Gasteiger partial charge is 0.254 e. The molecule has 0 spiro atoms. The van der Waals surface area contributed by atoms with Gasteiger partial charge in [-0.15, -0.1) is 0 Å². The molecular formula is C18H21N3O. The van der Waals surface area contributed by atoms with Crippen LogP contribution in [0.1, 0.15) is 21.5 Å². The zero-order valence-electron chi connectivity index (χ0n) is 13.0. The van der Waals surface area contributed by atoms with E-state index in [2.05, 4.69) is 6.07 Å². The van der Waals surface area contributed by atoms with E-state index in [0.717, 1.165) is 35.5 Å². The van der Waals surface area contributed by atoms with E-state index in [-0.39, 0.29) is 5.91 Å². The summed E-state index contributed by atoms with van der Waals surface area (Å²) in [6.45, 7) is 1.39. The van der Waals surface area contributed by atoms with Crippen molar-refractivity contribution in [2.24, 2.45) is 0 Å². The Kier molecular flexibility index (Phi) is 3.75. The molecule has 2 aromatic carbocycles. The van der Waals surface area contributed by atoms with Gasteiger partial charge in [-0.25, -0.2) is 0 Å². The fourth-order valence-electron chi connectivity index (χ4n) is 2.84. The first kappa shape index (κ1) is 14.4. The van der Waals surface area contributed by atoms with Gasteiger partial charge in [0.2, 0.25) is 0 Å². The molecule has 0 radical (unpaired) electrons. The molecule has 0 fully saturated rings. The van der Waals surface area contributed by atoms with Crippen LogP contribution in [0.15, 0.2) is 42.5 Å². The van der Waals surface area contributed by atoms with Crippen LogP contribution in [0, 0.1) is 0 Å². The topological polar surface area (TPSA) is 49.6 Å². The fourth-order valence-corrected chi connectivity index (χ4v) is 2.84. The molecular weight excluding hydrogens is 274 g/mol. The van der Waals surface area contributed by atoms with Crippen LogP contribution < -0.4 is 10.6 Å². The summed E-state index contributed by atoms with van der Waals surface area (Å²) in [7, 11) is 3.98. The van der Waals surface area contributed by atoms with Crippen molar-refractivity contribution in [3.8, 4) is 0 Å². The second-order valence-electron chi connectivity index (χ2n) is 5.95. The number of benzene rings is 2. The number of fused-ring (bicyclic) bond motifs is 1. The molecule has 2 N–H and O–H groups in total. The molecule has 0 unspecified atom stereocenters. The average molecular weight is 295 g/mol. The van der Waals surface area contributed by atoms with Crippen LogP contribution in [0.4, 0.5) is 11.4 Å². The van der Waals surface area contributed by atoms with Gasteiger partial charge in [-0.2, -0.15) is 0 Å². The van der Waals surface area contributed by atoms with Gasteiger partial charge in [-0.1, -0.05) is 6.07 Å². The number of anilines is 2. The SMILES string of the molecule is CN(C)c1ccc(C(=O)N2CCc3ccc(N)cc3C2)cc1. The zero-order chi connectivity index (χ0) is 15.7. The lowest BCUT2D eigenvalue weighted by Crippen LogP contribution is -2.36. The number of hydrogen-bond acceptors (Lipinski definition) is 3. The van der Waals surface area contributed by atoms with Crippen LogP contribution in [-0.4, -0.2) is 31.4 Å². The lowest BCUT2D eigenvalue weighted by molar-refractivity contribution is 0.0735. The normalized spacial score (nSPS) is 13.6. The molecule has 1 aliphatic rings. The van der Waals surface area contributed by atoms with Gasteiger partial charge >= 0.3 is 0 Å². The highest BCUT2D eigenvalue weighted by molar-refractivity contribution is 5.94. The maximum atomic E-state index is 12.7. The monoisotopic (exact) mass is 295 g/mol. The zero-order valence-corrected chi connectivity index (χ0v) is 13.0. The van der Waals surface area contributed by atoms with Gasteiger partial charge in [-0.3, -0.25) is 4.79 Å². The predicted molar refractivity (Wildman–Crippen MR) is 90.1 cm³/mol. The molecule has 1 amide bonds. The second kappa shape index (κ2) is 5.72. The van der Waals surface area contributed by atoms with Gasteiger partial charge < -0.3 is 15.5 Å². The number of amides is 1.